The summed E-state index contributed by atoms with van der Waals surface area (Å²) in [6, 6.07) is 16.8. The molecule has 0 radical (unpaired) electrons. The number of benzene rings is 3. The van der Waals surface area contributed by atoms with Gasteiger partial charge in [-0.25, -0.2) is 19.6 Å². The second kappa shape index (κ2) is 17.6. The monoisotopic (exact) mass is 999 g/mol. The summed E-state index contributed by atoms with van der Waals surface area (Å²) in [5, 5.41) is 5.61. The number of ether oxygens (including phenoxy) is 2. The van der Waals surface area contributed by atoms with Crippen LogP contribution in [-0.4, -0.2) is 93.1 Å². The van der Waals surface area contributed by atoms with Gasteiger partial charge in [0.05, 0.1) is 50.1 Å². The van der Waals surface area contributed by atoms with Crippen molar-refractivity contribution >= 4 is 24.0 Å². The maximum atomic E-state index is 14.2. The summed E-state index contributed by atoms with van der Waals surface area (Å²) >= 11 is 0. The normalized spacial score (nSPS) is 25.7. The number of carbonyl (C=O) groups is 4. The van der Waals surface area contributed by atoms with Crippen LogP contribution in [0, 0.1) is 22.7 Å². The Bertz CT molecular complexity index is 3090. The maximum absolute atomic E-state index is 14.2. The number of hydrogen-bond donors (Lipinski definition) is 4. The molecule has 3 aromatic carbocycles. The number of aromatic nitrogens is 4. The van der Waals surface area contributed by atoms with E-state index in [-0.39, 0.29) is 46.6 Å². The number of H-pyrrole nitrogens is 2. The first kappa shape index (κ1) is 47.3. The molecule has 8 aliphatic rings. The molecule has 14 nitrogen and oxygen atoms in total. The molecule has 5 aromatic rings. The van der Waals surface area contributed by atoms with Crippen molar-refractivity contribution in [1.29, 1.82) is 0 Å². The van der Waals surface area contributed by atoms with E-state index in [0.29, 0.717) is 36.8 Å². The van der Waals surface area contributed by atoms with Gasteiger partial charge in [-0.05, 0) is 173 Å². The number of rotatable bonds is 12. The van der Waals surface area contributed by atoms with Crippen molar-refractivity contribution in [2.45, 2.75) is 153 Å². The summed E-state index contributed by atoms with van der Waals surface area (Å²) in [4.78, 5) is 74.2. The number of fused-ring (bicyclic) bond motifs is 10. The van der Waals surface area contributed by atoms with Crippen LogP contribution in [0.4, 0.5) is 9.59 Å². The molecule has 4 amide bonds. The summed E-state index contributed by atoms with van der Waals surface area (Å²) in [5.74, 6) is 3.43. The molecule has 8 atom stereocenters. The van der Waals surface area contributed by atoms with E-state index in [2.05, 4.69) is 69.1 Å². The molecule has 4 heterocycles. The lowest BCUT2D eigenvalue weighted by Gasteiger charge is -2.30. The highest BCUT2D eigenvalue weighted by atomic mass is 16.5. The van der Waals surface area contributed by atoms with Gasteiger partial charge in [-0.1, -0.05) is 76.2 Å². The first-order valence-corrected chi connectivity index (χ1v) is 27.6. The number of nitrogens with one attached hydrogen (secondary N) is 4. The number of carbonyl (C=O) groups excluding carboxylic acids is 4. The minimum atomic E-state index is -0.681. The van der Waals surface area contributed by atoms with E-state index in [0.717, 1.165) is 67.1 Å². The molecule has 4 unspecified atom stereocenters. The van der Waals surface area contributed by atoms with E-state index in [1.54, 1.807) is 11.1 Å². The minimum Gasteiger partial charge on any atom is -0.453 e. The molecule has 13 rings (SSSR count). The van der Waals surface area contributed by atoms with Gasteiger partial charge >= 0.3 is 12.2 Å². The predicted octanol–water partition coefficient (Wildman–Crippen LogP) is 11.4. The summed E-state index contributed by atoms with van der Waals surface area (Å²) < 4.78 is 9.79. The van der Waals surface area contributed by atoms with E-state index in [1.165, 1.54) is 91.7 Å². The number of methoxy groups -OCH3 is 2. The second-order valence-corrected chi connectivity index (χ2v) is 24.4. The highest BCUT2D eigenvalue weighted by Gasteiger charge is 2.57. The fourth-order valence-corrected chi connectivity index (χ4v) is 15.0. The second-order valence-electron chi connectivity index (χ2n) is 24.4. The molecular formula is C60H70N8O6. The predicted molar refractivity (Wildman–Crippen MR) is 281 cm³/mol. The van der Waals surface area contributed by atoms with Crippen molar-refractivity contribution < 1.29 is 28.7 Å². The number of amides is 4. The van der Waals surface area contributed by atoms with Crippen molar-refractivity contribution in [3.8, 4) is 44.8 Å². The molecule has 2 spiro atoms. The van der Waals surface area contributed by atoms with E-state index >= 15 is 0 Å². The van der Waals surface area contributed by atoms with Gasteiger partial charge in [0, 0.05) is 18.7 Å². The largest absolute Gasteiger partial charge is 0.453 e. The quantitative estimate of drug-likeness (QED) is 0.0955. The Balaban J connectivity index is 0.784. The van der Waals surface area contributed by atoms with Gasteiger partial charge in [0.1, 0.15) is 23.7 Å². The Morgan fingerprint density at radius 3 is 1.39 bits per heavy atom. The third-order valence-electron chi connectivity index (χ3n) is 19.3. The fraction of sp³-hybridized carbons (Fsp3) is 0.533. The van der Waals surface area contributed by atoms with Gasteiger partial charge in [-0.3, -0.25) is 9.59 Å². The summed E-state index contributed by atoms with van der Waals surface area (Å²) in [7, 11) is 2.66. The van der Waals surface area contributed by atoms with Crippen LogP contribution in [0.2, 0.25) is 0 Å². The Morgan fingerprint density at radius 1 is 0.554 bits per heavy atom. The Morgan fingerprint density at radius 2 is 0.946 bits per heavy atom. The number of likely N-dealkylation sites (tertiary alicyclic amines) is 2. The Labute approximate surface area is 433 Å². The van der Waals surface area contributed by atoms with Crippen LogP contribution in [0.25, 0.3) is 44.8 Å². The van der Waals surface area contributed by atoms with Crippen LogP contribution >= 0.6 is 0 Å². The molecule has 4 bridgehead atoms. The van der Waals surface area contributed by atoms with Crippen LogP contribution in [0.5, 0.6) is 0 Å². The van der Waals surface area contributed by atoms with Crippen molar-refractivity contribution in [3.63, 3.8) is 0 Å². The molecule has 4 N–H and O–H groups in total. The summed E-state index contributed by atoms with van der Waals surface area (Å²) in [6.07, 6.45) is 16.2. The molecular weight excluding hydrogens is 929 g/mol. The fourth-order valence-electron chi connectivity index (χ4n) is 15.0. The van der Waals surface area contributed by atoms with Gasteiger partial charge in [-0.2, -0.15) is 0 Å². The molecule has 2 saturated heterocycles. The first-order chi connectivity index (χ1) is 35.7. The SMILES string of the molecule is COC(=O)N[C@H](C(=O)N1CC2(CC2)C[C@H]1c1ncc(-c2ccc(-c3ccc(-c4ccc(-c5cnc([C@@H]6CC7(CC7)CN6C(=O)[C@@H](NC(=O)OC)C(C)C)[nH]5)c5c4C4CCC5C4)c4c3C3CCC4C3)cc2)[nH]1)C(C)C. The van der Waals surface area contributed by atoms with Gasteiger partial charge < -0.3 is 39.9 Å². The van der Waals surface area contributed by atoms with Crippen molar-refractivity contribution in [2.24, 2.45) is 22.7 Å². The molecule has 4 saturated carbocycles. The van der Waals surface area contributed by atoms with Crippen molar-refractivity contribution in [1.82, 2.24) is 40.4 Å². The third-order valence-corrected chi connectivity index (χ3v) is 19.3. The zero-order chi connectivity index (χ0) is 50.9. The average Bonchev–Trinajstić information content (AvgIpc) is 4.02. The van der Waals surface area contributed by atoms with Gasteiger partial charge in [0.15, 0.2) is 0 Å². The molecule has 14 heteroatoms. The van der Waals surface area contributed by atoms with Crippen LogP contribution in [0.3, 0.4) is 0 Å². The van der Waals surface area contributed by atoms with Crippen LogP contribution in [0.1, 0.15) is 174 Å². The lowest BCUT2D eigenvalue weighted by molar-refractivity contribution is -0.136. The van der Waals surface area contributed by atoms with E-state index in [4.69, 9.17) is 19.4 Å². The topological polar surface area (TPSA) is 175 Å². The lowest BCUT2D eigenvalue weighted by atomic mass is 9.77. The molecule has 2 aromatic heterocycles. The summed E-state index contributed by atoms with van der Waals surface area (Å²) in [6.45, 7) is 9.17. The lowest BCUT2D eigenvalue weighted by Crippen LogP contribution is -2.51. The average molecular weight is 999 g/mol. The zero-order valence-electron chi connectivity index (χ0n) is 43.7. The summed E-state index contributed by atoms with van der Waals surface area (Å²) in [5.41, 5.74) is 16.0. The number of alkyl carbamates (subject to hydrolysis) is 2. The molecule has 386 valence electrons. The molecule has 6 aliphatic carbocycles. The standard InChI is InChI=1S/C60H70N8O6/c1-31(2)51(65-57(71)73-5)55(69)67-29-59(19-20-59)25-45(67)53-61-27-43(63-53)34-9-7-33(8-10-34)39-15-16-40(48-36-12-11-35(23-36)47(39)48)41-17-18-42(50-38-14-13-37(24-38)49(41)50)44-28-62-54(64-44)46-26-60(21-22-60)30-68(46)56(70)52(32(3)4)66-58(72)74-6/h7-10,15-18,27-28,31-32,35-38,45-46,51-52H,11-14,19-26,29-30H2,1-6H3,(H,61,63)(H,62,64)(H,65,71)(H,66,72)/t35?,36?,37?,38?,45-,46-,51-,52-/m0/s1. The third kappa shape index (κ3) is 7.77. The number of imidazole rings is 2. The van der Waals surface area contributed by atoms with Crippen molar-refractivity contribution in [2.75, 3.05) is 27.3 Å². The van der Waals surface area contributed by atoms with E-state index in [9.17, 15) is 19.2 Å². The van der Waals surface area contributed by atoms with Crippen LogP contribution < -0.4 is 10.6 Å². The number of aromatic amines is 2. The van der Waals surface area contributed by atoms with E-state index in [1.807, 2.05) is 49.9 Å². The highest BCUT2D eigenvalue weighted by Crippen LogP contribution is 2.63. The first-order valence-electron chi connectivity index (χ1n) is 27.6. The van der Waals surface area contributed by atoms with Crippen LogP contribution in [-0.2, 0) is 19.1 Å². The van der Waals surface area contributed by atoms with Crippen LogP contribution in [0.15, 0.2) is 60.9 Å². The maximum Gasteiger partial charge on any atom is 0.407 e. The minimum absolute atomic E-state index is 0.0739. The number of hydrogen-bond acceptors (Lipinski definition) is 8. The van der Waals surface area contributed by atoms with E-state index < -0.39 is 24.3 Å². The Kier molecular flexibility index (Phi) is 11.2. The highest BCUT2D eigenvalue weighted by molar-refractivity contribution is 5.89. The van der Waals surface area contributed by atoms with Gasteiger partial charge in [0.2, 0.25) is 11.8 Å². The van der Waals surface area contributed by atoms with Gasteiger partial charge in [0.25, 0.3) is 0 Å². The Hall–Kier alpha value is -6.44. The smallest absolute Gasteiger partial charge is 0.407 e. The number of nitrogens with zero attached hydrogens (tertiary/aromatic N) is 4. The molecule has 6 fully saturated rings. The molecule has 74 heavy (non-hydrogen) atoms. The van der Waals surface area contributed by atoms with Crippen molar-refractivity contribution in [3.05, 3.63) is 94.8 Å². The zero-order valence-corrected chi connectivity index (χ0v) is 43.7. The van der Waals surface area contributed by atoms with Gasteiger partial charge in [-0.15, -0.1) is 0 Å². The molecule has 2 aliphatic heterocycles.